The second-order valence-corrected chi connectivity index (χ2v) is 5.97. The van der Waals surface area contributed by atoms with Gasteiger partial charge in [-0.3, -0.25) is 4.79 Å². The molecule has 6 heteroatoms. The largest absolute Gasteiger partial charge is 0.486 e. The van der Waals surface area contributed by atoms with E-state index in [-0.39, 0.29) is 11.7 Å². The van der Waals surface area contributed by atoms with Crippen LogP contribution in [0.25, 0.3) is 10.9 Å². The van der Waals surface area contributed by atoms with E-state index in [2.05, 4.69) is 10.3 Å². The van der Waals surface area contributed by atoms with Gasteiger partial charge in [0.2, 0.25) is 0 Å². The number of hydrogen-bond acceptors (Lipinski definition) is 5. The Kier molecular flexibility index (Phi) is 3.93. The molecule has 0 amide bonds. The van der Waals surface area contributed by atoms with Crippen LogP contribution in [0, 0.1) is 0 Å². The Morgan fingerprint density at radius 2 is 1.96 bits per heavy atom. The third-order valence-corrected chi connectivity index (χ3v) is 4.30. The van der Waals surface area contributed by atoms with Crippen molar-refractivity contribution in [3.05, 3.63) is 34.1 Å². The Labute approximate surface area is 133 Å². The van der Waals surface area contributed by atoms with Gasteiger partial charge in [-0.1, -0.05) is 0 Å². The van der Waals surface area contributed by atoms with Crippen LogP contribution in [0.1, 0.15) is 18.4 Å². The number of pyridine rings is 1. The summed E-state index contributed by atoms with van der Waals surface area (Å²) in [6.07, 6.45) is 2.48. The molecule has 1 fully saturated rings. The summed E-state index contributed by atoms with van der Waals surface area (Å²) in [4.78, 5) is 15.2. The van der Waals surface area contributed by atoms with Crippen molar-refractivity contribution in [2.24, 2.45) is 0 Å². The maximum absolute atomic E-state index is 12.2. The van der Waals surface area contributed by atoms with E-state index in [4.69, 9.17) is 14.2 Å². The molecule has 1 aromatic carbocycles. The number of nitrogens with one attached hydrogen (secondary N) is 2. The Morgan fingerprint density at radius 3 is 2.74 bits per heavy atom. The van der Waals surface area contributed by atoms with Crippen molar-refractivity contribution in [2.75, 3.05) is 26.4 Å². The topological polar surface area (TPSA) is 72.6 Å². The van der Waals surface area contributed by atoms with Crippen molar-refractivity contribution in [3.63, 3.8) is 0 Å². The predicted octanol–water partition coefficient (Wildman–Crippen LogP) is 1.57. The minimum absolute atomic E-state index is 0.0750. The fourth-order valence-electron chi connectivity index (χ4n) is 3.09. The molecule has 1 saturated heterocycles. The fraction of sp³-hybridized carbons (Fsp3) is 0.471. The number of H-pyrrole nitrogens is 1. The van der Waals surface area contributed by atoms with Crippen molar-refractivity contribution in [1.82, 2.24) is 10.3 Å². The zero-order chi connectivity index (χ0) is 15.6. The summed E-state index contributed by atoms with van der Waals surface area (Å²) in [6, 6.07) is 5.66. The van der Waals surface area contributed by atoms with Crippen molar-refractivity contribution >= 4 is 10.9 Å². The van der Waals surface area contributed by atoms with E-state index in [1.807, 2.05) is 18.2 Å². The molecule has 1 aromatic heterocycles. The van der Waals surface area contributed by atoms with Crippen LogP contribution in [-0.4, -0.2) is 37.5 Å². The maximum Gasteiger partial charge on any atom is 0.252 e. The number of hydrogen-bond donors (Lipinski definition) is 2. The van der Waals surface area contributed by atoms with Crippen LogP contribution >= 0.6 is 0 Å². The Bertz CT molecular complexity index is 765. The van der Waals surface area contributed by atoms with Crippen molar-refractivity contribution in [1.29, 1.82) is 0 Å². The maximum atomic E-state index is 12.2. The van der Waals surface area contributed by atoms with Gasteiger partial charge in [-0.2, -0.15) is 0 Å². The average molecular weight is 316 g/mol. The van der Waals surface area contributed by atoms with Crippen LogP contribution in [0.2, 0.25) is 0 Å². The lowest BCUT2D eigenvalue weighted by Crippen LogP contribution is -2.28. The summed E-state index contributed by atoms with van der Waals surface area (Å²) in [5.74, 6) is 1.41. The fourth-order valence-corrected chi connectivity index (χ4v) is 3.09. The standard InChI is InChI=1S/C17H20N2O4/c20-17-12(9-18-10-13-2-1-3-21-13)6-11-7-15-16(8-14(11)19-17)23-5-4-22-15/h6-8,13,18H,1-5,9-10H2,(H,19,20)/t13-/m1/s1. The van der Waals surface area contributed by atoms with Gasteiger partial charge in [0.05, 0.1) is 11.6 Å². The summed E-state index contributed by atoms with van der Waals surface area (Å²) in [5, 5.41) is 4.26. The van der Waals surface area contributed by atoms with Crippen LogP contribution in [0.4, 0.5) is 0 Å². The minimum atomic E-state index is -0.0750. The molecule has 0 spiro atoms. The molecule has 2 aliphatic rings. The minimum Gasteiger partial charge on any atom is -0.486 e. The van der Waals surface area contributed by atoms with Crippen molar-refractivity contribution < 1.29 is 14.2 Å². The molecule has 0 aliphatic carbocycles. The highest BCUT2D eigenvalue weighted by atomic mass is 16.6. The molecule has 2 aromatic rings. The number of ether oxygens (including phenoxy) is 3. The SMILES string of the molecule is O=c1[nH]c2cc3c(cc2cc1CNC[C@H]1CCCO1)OCCO3. The van der Waals surface area contributed by atoms with Gasteiger partial charge in [-0.05, 0) is 25.0 Å². The molecule has 3 heterocycles. The Balaban J connectivity index is 1.54. The molecule has 2 N–H and O–H groups in total. The van der Waals surface area contributed by atoms with Crippen LogP contribution in [0.3, 0.4) is 0 Å². The summed E-state index contributed by atoms with van der Waals surface area (Å²) in [7, 11) is 0. The van der Waals surface area contributed by atoms with Gasteiger partial charge in [-0.25, -0.2) is 0 Å². The van der Waals surface area contributed by atoms with E-state index < -0.39 is 0 Å². The molecular weight excluding hydrogens is 296 g/mol. The van der Waals surface area contributed by atoms with Gasteiger partial charge in [0, 0.05) is 36.7 Å². The molecule has 0 bridgehead atoms. The lowest BCUT2D eigenvalue weighted by molar-refractivity contribution is 0.110. The van der Waals surface area contributed by atoms with Crippen molar-refractivity contribution in [3.8, 4) is 11.5 Å². The van der Waals surface area contributed by atoms with E-state index in [0.29, 0.717) is 31.1 Å². The quantitative estimate of drug-likeness (QED) is 0.896. The van der Waals surface area contributed by atoms with Gasteiger partial charge in [0.1, 0.15) is 13.2 Å². The second-order valence-electron chi connectivity index (χ2n) is 5.97. The molecular formula is C17H20N2O4. The monoisotopic (exact) mass is 316 g/mol. The van der Waals surface area contributed by atoms with E-state index in [9.17, 15) is 4.79 Å². The summed E-state index contributed by atoms with van der Waals surface area (Å²) in [5.41, 5.74) is 1.41. The molecule has 6 nitrogen and oxygen atoms in total. The smallest absolute Gasteiger partial charge is 0.252 e. The van der Waals surface area contributed by atoms with Crippen LogP contribution < -0.4 is 20.3 Å². The molecule has 122 valence electrons. The Hall–Kier alpha value is -2.05. The molecule has 23 heavy (non-hydrogen) atoms. The van der Waals surface area contributed by atoms with E-state index in [0.717, 1.165) is 42.6 Å². The summed E-state index contributed by atoms with van der Waals surface area (Å²) < 4.78 is 16.7. The van der Waals surface area contributed by atoms with E-state index in [1.165, 1.54) is 0 Å². The third kappa shape index (κ3) is 3.04. The third-order valence-electron chi connectivity index (χ3n) is 4.30. The first kappa shape index (κ1) is 14.5. The zero-order valence-electron chi connectivity index (χ0n) is 12.9. The highest BCUT2D eigenvalue weighted by Crippen LogP contribution is 2.33. The second kappa shape index (κ2) is 6.22. The van der Waals surface area contributed by atoms with Gasteiger partial charge < -0.3 is 24.5 Å². The molecule has 2 aliphatic heterocycles. The van der Waals surface area contributed by atoms with Gasteiger partial charge in [0.25, 0.3) is 5.56 Å². The highest BCUT2D eigenvalue weighted by molar-refractivity contribution is 5.83. The first-order valence-corrected chi connectivity index (χ1v) is 8.07. The lowest BCUT2D eigenvalue weighted by atomic mass is 10.1. The molecule has 0 saturated carbocycles. The average Bonchev–Trinajstić information content (AvgIpc) is 3.07. The van der Waals surface area contributed by atoms with E-state index in [1.54, 1.807) is 0 Å². The zero-order valence-corrected chi connectivity index (χ0v) is 12.9. The summed E-state index contributed by atoms with van der Waals surface area (Å²) in [6.45, 7) is 3.24. The first-order chi connectivity index (χ1) is 11.3. The molecule has 0 unspecified atom stereocenters. The molecule has 4 rings (SSSR count). The van der Waals surface area contributed by atoms with Crippen LogP contribution in [0.5, 0.6) is 11.5 Å². The van der Waals surface area contributed by atoms with Gasteiger partial charge in [0.15, 0.2) is 11.5 Å². The Morgan fingerprint density at radius 1 is 1.13 bits per heavy atom. The predicted molar refractivity (Wildman–Crippen MR) is 86.2 cm³/mol. The number of aromatic nitrogens is 1. The highest BCUT2D eigenvalue weighted by Gasteiger charge is 2.16. The molecule has 1 atom stereocenters. The first-order valence-electron chi connectivity index (χ1n) is 8.07. The molecule has 0 radical (unpaired) electrons. The van der Waals surface area contributed by atoms with Gasteiger partial charge in [-0.15, -0.1) is 0 Å². The number of fused-ring (bicyclic) bond motifs is 2. The van der Waals surface area contributed by atoms with Crippen LogP contribution in [0.15, 0.2) is 23.0 Å². The number of rotatable bonds is 4. The summed E-state index contributed by atoms with van der Waals surface area (Å²) >= 11 is 0. The number of benzene rings is 1. The van der Waals surface area contributed by atoms with E-state index >= 15 is 0 Å². The van der Waals surface area contributed by atoms with Gasteiger partial charge >= 0.3 is 0 Å². The lowest BCUT2D eigenvalue weighted by Gasteiger charge is -2.19. The number of aromatic amines is 1. The van der Waals surface area contributed by atoms with Crippen molar-refractivity contribution in [2.45, 2.75) is 25.5 Å². The van der Waals surface area contributed by atoms with Crippen LogP contribution in [-0.2, 0) is 11.3 Å². The normalized spacial score (nSPS) is 20.1.